The van der Waals surface area contributed by atoms with Gasteiger partial charge in [0.1, 0.15) is 5.56 Å². The number of hydrogen-bond acceptors (Lipinski definition) is 4. The third-order valence-electron chi connectivity index (χ3n) is 1.84. The minimum atomic E-state index is -4.32. The summed E-state index contributed by atoms with van der Waals surface area (Å²) in [4.78, 5) is 9.40. The number of benzene rings is 1. The maximum absolute atomic E-state index is 11.5. The molecule has 0 saturated carbocycles. The van der Waals surface area contributed by atoms with Crippen LogP contribution in [0.1, 0.15) is 19.8 Å². The van der Waals surface area contributed by atoms with E-state index in [1.165, 1.54) is 12.1 Å². The summed E-state index contributed by atoms with van der Waals surface area (Å²) in [6.45, 7) is 1.87. The number of hydrogen-bond donors (Lipinski definition) is 2. The number of phenolic OH excluding ortho intramolecular Hbond substituents is 1. The predicted molar refractivity (Wildman–Crippen MR) is 64.2 cm³/mol. The smallest absolute Gasteiger partial charge is 0.504 e. The Morgan fingerprint density at radius 3 is 2.71 bits per heavy atom. The number of rotatable bonds is 6. The van der Waals surface area contributed by atoms with Crippen molar-refractivity contribution < 1.29 is 23.6 Å². The van der Waals surface area contributed by atoms with Gasteiger partial charge in [-0.1, -0.05) is 37.1 Å². The van der Waals surface area contributed by atoms with Crippen LogP contribution in [0.4, 0.5) is 0 Å². The molecule has 0 aliphatic rings. The van der Waals surface area contributed by atoms with Gasteiger partial charge in [-0.25, -0.2) is 4.57 Å². The monoisotopic (exact) mass is 280 g/mol. The van der Waals surface area contributed by atoms with Crippen LogP contribution in [-0.2, 0) is 9.09 Å². The molecule has 7 heteroatoms. The average Bonchev–Trinajstić information content (AvgIpc) is 2.20. The summed E-state index contributed by atoms with van der Waals surface area (Å²) in [7, 11) is -4.32. The molecular weight excluding hydrogens is 267 g/mol. The van der Waals surface area contributed by atoms with E-state index in [-0.39, 0.29) is 11.5 Å². The van der Waals surface area contributed by atoms with Crippen LogP contribution in [-0.4, -0.2) is 15.6 Å². The fraction of sp³-hybridized carbons (Fsp3) is 0.400. The van der Waals surface area contributed by atoms with E-state index < -0.39 is 13.4 Å². The first kappa shape index (κ1) is 14.3. The summed E-state index contributed by atoms with van der Waals surface area (Å²) in [5.74, 6) is -0.370. The molecular formula is C10H14ClO5P. The average molecular weight is 281 g/mol. The molecule has 0 aromatic heterocycles. The molecule has 0 aliphatic heterocycles. The Kier molecular flexibility index (Phi) is 5.28. The fourth-order valence-corrected chi connectivity index (χ4v) is 2.47. The van der Waals surface area contributed by atoms with Crippen LogP contribution in [0.15, 0.2) is 24.3 Å². The lowest BCUT2D eigenvalue weighted by Crippen LogP contribution is -2.06. The van der Waals surface area contributed by atoms with E-state index >= 15 is 0 Å². The molecule has 1 aromatic carbocycles. The van der Waals surface area contributed by atoms with Gasteiger partial charge in [0, 0.05) is 0 Å². The van der Waals surface area contributed by atoms with Gasteiger partial charge in [0.05, 0.1) is 0 Å². The molecule has 0 fully saturated rings. The highest BCUT2D eigenvalue weighted by molar-refractivity contribution is 7.47. The molecule has 0 radical (unpaired) electrons. The number of para-hydroxylation sites is 2. The van der Waals surface area contributed by atoms with Gasteiger partial charge in [0.25, 0.3) is 0 Å². The Balaban J connectivity index is 2.67. The van der Waals surface area contributed by atoms with Crippen LogP contribution in [0.3, 0.4) is 0 Å². The van der Waals surface area contributed by atoms with Crippen molar-refractivity contribution in [3.8, 4) is 11.5 Å². The lowest BCUT2D eigenvalue weighted by atomic mass is 10.3. The molecule has 5 nitrogen and oxygen atoms in total. The van der Waals surface area contributed by atoms with Gasteiger partial charge in [0.15, 0.2) is 11.5 Å². The van der Waals surface area contributed by atoms with Crippen LogP contribution in [0, 0.1) is 0 Å². The van der Waals surface area contributed by atoms with Crippen molar-refractivity contribution >= 4 is 19.4 Å². The molecule has 1 unspecified atom stereocenters. The summed E-state index contributed by atoms with van der Waals surface area (Å²) < 4.78 is 20.9. The van der Waals surface area contributed by atoms with Gasteiger partial charge in [-0.15, -0.1) is 0 Å². The Labute approximate surface area is 105 Å². The van der Waals surface area contributed by atoms with Crippen molar-refractivity contribution in [2.24, 2.45) is 0 Å². The summed E-state index contributed by atoms with van der Waals surface area (Å²) >= 11 is 5.67. The molecule has 0 amide bonds. The zero-order chi connectivity index (χ0) is 12.9. The second-order valence-electron chi connectivity index (χ2n) is 3.33. The van der Waals surface area contributed by atoms with Crippen molar-refractivity contribution in [1.82, 2.24) is 0 Å². The minimum Gasteiger partial charge on any atom is -0.504 e. The van der Waals surface area contributed by atoms with E-state index in [1.54, 1.807) is 12.1 Å². The van der Waals surface area contributed by atoms with Crippen molar-refractivity contribution in [2.45, 2.75) is 25.3 Å². The first-order chi connectivity index (χ1) is 7.94. The Morgan fingerprint density at radius 2 is 2.12 bits per heavy atom. The van der Waals surface area contributed by atoms with Gasteiger partial charge in [-0.05, 0) is 18.6 Å². The van der Waals surface area contributed by atoms with Crippen LogP contribution in [0.2, 0.25) is 0 Å². The minimum absolute atomic E-state index is 0.126. The van der Waals surface area contributed by atoms with Crippen LogP contribution in [0.5, 0.6) is 11.5 Å². The largest absolute Gasteiger partial charge is 0.529 e. The zero-order valence-corrected chi connectivity index (χ0v) is 10.9. The van der Waals surface area contributed by atoms with Gasteiger partial charge in [-0.2, -0.15) is 0 Å². The van der Waals surface area contributed by atoms with Gasteiger partial charge in [-0.3, -0.25) is 9.42 Å². The number of phosphoric ester groups is 1. The highest BCUT2D eigenvalue weighted by Crippen LogP contribution is 2.48. The van der Waals surface area contributed by atoms with E-state index in [0.717, 1.165) is 0 Å². The van der Waals surface area contributed by atoms with Crippen molar-refractivity contribution in [3.05, 3.63) is 24.3 Å². The topological polar surface area (TPSA) is 76.0 Å². The maximum Gasteiger partial charge on any atom is 0.529 e. The third-order valence-corrected chi connectivity index (χ3v) is 3.22. The molecule has 96 valence electrons. The molecule has 1 rings (SSSR count). The summed E-state index contributed by atoms with van der Waals surface area (Å²) in [6.07, 6.45) is 1.14. The summed E-state index contributed by atoms with van der Waals surface area (Å²) in [5, 5.41) is 9.37. The standard InChI is InChI=1S/C10H14ClO5P/c1-2-5-10(11)16-17(13,14)15-9-7-4-3-6-8(9)12/h3-4,6-7,10,12H,2,5H2,1H3,(H,13,14)/t10-/m0/s1. The van der Waals surface area contributed by atoms with Crippen molar-refractivity contribution in [3.63, 3.8) is 0 Å². The Morgan fingerprint density at radius 1 is 1.47 bits per heavy atom. The lowest BCUT2D eigenvalue weighted by molar-refractivity contribution is 0.177. The second-order valence-corrected chi connectivity index (χ2v) is 5.15. The molecule has 0 bridgehead atoms. The highest BCUT2D eigenvalue weighted by atomic mass is 35.5. The van der Waals surface area contributed by atoms with Gasteiger partial charge in [0.2, 0.25) is 0 Å². The molecule has 2 atom stereocenters. The van der Waals surface area contributed by atoms with Crippen molar-refractivity contribution in [1.29, 1.82) is 0 Å². The molecule has 2 N–H and O–H groups in total. The van der Waals surface area contributed by atoms with E-state index in [0.29, 0.717) is 12.8 Å². The quantitative estimate of drug-likeness (QED) is 0.618. The molecule has 0 aliphatic carbocycles. The molecule has 0 saturated heterocycles. The van der Waals surface area contributed by atoms with Crippen LogP contribution >= 0.6 is 19.4 Å². The van der Waals surface area contributed by atoms with E-state index in [2.05, 4.69) is 4.52 Å². The lowest BCUT2D eigenvalue weighted by Gasteiger charge is -2.16. The molecule has 0 spiro atoms. The van der Waals surface area contributed by atoms with E-state index in [4.69, 9.17) is 16.1 Å². The Bertz CT molecular complexity index is 411. The molecule has 0 heterocycles. The van der Waals surface area contributed by atoms with Crippen LogP contribution in [0.25, 0.3) is 0 Å². The molecule has 17 heavy (non-hydrogen) atoms. The first-order valence-corrected chi connectivity index (χ1v) is 7.00. The second kappa shape index (κ2) is 6.26. The van der Waals surface area contributed by atoms with E-state index in [1.807, 2.05) is 6.92 Å². The SMILES string of the molecule is CCC[C@@H](Cl)OP(=O)(O)Oc1ccccc1O. The van der Waals surface area contributed by atoms with Gasteiger partial charge >= 0.3 is 7.82 Å². The summed E-state index contributed by atoms with van der Waals surface area (Å²) in [5.41, 5.74) is -0.901. The van der Waals surface area contributed by atoms with E-state index in [9.17, 15) is 14.6 Å². The van der Waals surface area contributed by atoms with Crippen molar-refractivity contribution in [2.75, 3.05) is 0 Å². The third kappa shape index (κ3) is 4.96. The summed E-state index contributed by atoms with van der Waals surface area (Å²) in [6, 6.07) is 5.80. The number of alkyl halides is 1. The van der Waals surface area contributed by atoms with Gasteiger partial charge < -0.3 is 9.63 Å². The number of phosphoric acid groups is 1. The zero-order valence-electron chi connectivity index (χ0n) is 9.25. The number of phenols is 1. The normalized spacial score (nSPS) is 16.2. The Hall–Kier alpha value is -0.740. The fourth-order valence-electron chi connectivity index (χ4n) is 1.10. The number of aromatic hydroxyl groups is 1. The van der Waals surface area contributed by atoms with Crippen LogP contribution < -0.4 is 4.52 Å². The highest BCUT2D eigenvalue weighted by Gasteiger charge is 2.27. The predicted octanol–water partition coefficient (Wildman–Crippen LogP) is 3.25. The molecule has 1 aromatic rings. The first-order valence-electron chi connectivity index (χ1n) is 5.07. The maximum atomic E-state index is 11.5. The number of halogens is 1.